The van der Waals surface area contributed by atoms with E-state index in [-0.39, 0.29) is 0 Å². The molecule has 0 atom stereocenters. The van der Waals surface area contributed by atoms with Gasteiger partial charge < -0.3 is 4.74 Å². The van der Waals surface area contributed by atoms with Gasteiger partial charge in [-0.15, -0.1) is 0 Å². The number of alkyl halides is 1. The molecular weight excluding hydrogens is 203 g/mol. The van der Waals surface area contributed by atoms with Gasteiger partial charge in [0.2, 0.25) is 12.7 Å². The number of ether oxygens (including phenoxy) is 1. The molecular formula is C7H4F3NO3. The van der Waals surface area contributed by atoms with Crippen molar-refractivity contribution in [2.24, 2.45) is 0 Å². The molecule has 4 nitrogen and oxygen atoms in total. The van der Waals surface area contributed by atoms with Crippen molar-refractivity contribution in [3.8, 4) is 5.75 Å². The second-order valence-electron chi connectivity index (χ2n) is 2.24. The second kappa shape index (κ2) is 3.95. The summed E-state index contributed by atoms with van der Waals surface area (Å²) >= 11 is 0. The van der Waals surface area contributed by atoms with E-state index in [0.29, 0.717) is 12.1 Å². The number of hydrogen-bond donors (Lipinski definition) is 0. The molecule has 76 valence electrons. The zero-order chi connectivity index (χ0) is 10.7. The highest BCUT2D eigenvalue weighted by Gasteiger charge is 2.19. The fourth-order valence-corrected chi connectivity index (χ4v) is 0.827. The van der Waals surface area contributed by atoms with Crippen LogP contribution >= 0.6 is 0 Å². The van der Waals surface area contributed by atoms with Gasteiger partial charge in [-0.25, -0.2) is 8.78 Å². The maximum Gasteiger partial charge on any atom is 0.307 e. The summed E-state index contributed by atoms with van der Waals surface area (Å²) in [5.41, 5.74) is -1.02. The Kier molecular flexibility index (Phi) is 2.90. The smallest absolute Gasteiger partial charge is 0.307 e. The maximum atomic E-state index is 12.8. The molecule has 0 fully saturated rings. The van der Waals surface area contributed by atoms with Gasteiger partial charge in [-0.05, 0) is 0 Å². The van der Waals surface area contributed by atoms with Gasteiger partial charge in [0.15, 0.2) is 11.6 Å². The van der Waals surface area contributed by atoms with E-state index in [2.05, 4.69) is 4.74 Å². The van der Waals surface area contributed by atoms with Crippen molar-refractivity contribution < 1.29 is 22.8 Å². The van der Waals surface area contributed by atoms with Crippen molar-refractivity contribution in [3.05, 3.63) is 33.9 Å². The van der Waals surface area contributed by atoms with Crippen LogP contribution in [0, 0.1) is 21.7 Å². The normalized spacial score (nSPS) is 9.93. The summed E-state index contributed by atoms with van der Waals surface area (Å²) in [5, 5.41) is 10.1. The lowest BCUT2D eigenvalue weighted by atomic mass is 10.3. The van der Waals surface area contributed by atoms with Crippen LogP contribution in [0.15, 0.2) is 12.1 Å². The van der Waals surface area contributed by atoms with Crippen molar-refractivity contribution in [3.63, 3.8) is 0 Å². The molecule has 0 heterocycles. The maximum absolute atomic E-state index is 12.8. The Bertz CT molecular complexity index is 369. The number of benzene rings is 1. The van der Waals surface area contributed by atoms with Crippen LogP contribution in [0.5, 0.6) is 5.75 Å². The summed E-state index contributed by atoms with van der Waals surface area (Å²) in [6.07, 6.45) is 0. The second-order valence-corrected chi connectivity index (χ2v) is 2.24. The van der Waals surface area contributed by atoms with Crippen molar-refractivity contribution in [1.29, 1.82) is 0 Å². The van der Waals surface area contributed by atoms with Crippen molar-refractivity contribution >= 4 is 5.69 Å². The topological polar surface area (TPSA) is 52.4 Å². The number of hydrogen-bond acceptors (Lipinski definition) is 3. The first-order chi connectivity index (χ1) is 6.56. The lowest BCUT2D eigenvalue weighted by Gasteiger charge is -2.02. The lowest BCUT2D eigenvalue weighted by molar-refractivity contribution is -0.387. The molecule has 14 heavy (non-hydrogen) atoms. The lowest BCUT2D eigenvalue weighted by Crippen LogP contribution is -1.98. The predicted molar refractivity (Wildman–Crippen MR) is 39.6 cm³/mol. The summed E-state index contributed by atoms with van der Waals surface area (Å²) in [6, 6.07) is 0.757. The average Bonchev–Trinajstić information content (AvgIpc) is 2.10. The van der Waals surface area contributed by atoms with Crippen LogP contribution in [0.1, 0.15) is 0 Å². The van der Waals surface area contributed by atoms with Crippen LogP contribution in [0.25, 0.3) is 0 Å². The molecule has 0 aliphatic carbocycles. The highest BCUT2D eigenvalue weighted by Crippen LogP contribution is 2.26. The Morgan fingerprint density at radius 3 is 2.50 bits per heavy atom. The summed E-state index contributed by atoms with van der Waals surface area (Å²) < 4.78 is 41.3. The monoisotopic (exact) mass is 207 g/mol. The van der Waals surface area contributed by atoms with E-state index in [1.807, 2.05) is 0 Å². The third kappa shape index (κ3) is 1.93. The summed E-state index contributed by atoms with van der Waals surface area (Å²) in [6.45, 7) is -1.34. The fourth-order valence-electron chi connectivity index (χ4n) is 0.827. The SMILES string of the molecule is O=[N+]([O-])c1cc(F)c(OCF)cc1F. The minimum absolute atomic E-state index is 0.334. The van der Waals surface area contributed by atoms with Crippen molar-refractivity contribution in [2.75, 3.05) is 6.86 Å². The molecule has 0 saturated carbocycles. The van der Waals surface area contributed by atoms with Crippen molar-refractivity contribution in [1.82, 2.24) is 0 Å². The molecule has 0 unspecified atom stereocenters. The van der Waals surface area contributed by atoms with E-state index in [0.717, 1.165) is 0 Å². The molecule has 1 aromatic carbocycles. The van der Waals surface area contributed by atoms with Crippen LogP contribution in [0.3, 0.4) is 0 Å². The molecule has 1 aromatic rings. The molecule has 1 rings (SSSR count). The van der Waals surface area contributed by atoms with Gasteiger partial charge in [-0.2, -0.15) is 4.39 Å². The Labute approximate surface area is 76.1 Å². The molecule has 0 aliphatic heterocycles. The first-order valence-corrected chi connectivity index (χ1v) is 3.38. The molecule has 0 spiro atoms. The first-order valence-electron chi connectivity index (χ1n) is 3.38. The summed E-state index contributed by atoms with van der Waals surface area (Å²) in [5.74, 6) is -3.16. The zero-order valence-corrected chi connectivity index (χ0v) is 6.67. The zero-order valence-electron chi connectivity index (χ0n) is 6.67. The van der Waals surface area contributed by atoms with Crippen molar-refractivity contribution in [2.45, 2.75) is 0 Å². The third-order valence-corrected chi connectivity index (χ3v) is 1.41. The molecule has 0 amide bonds. The standard InChI is InChI=1S/C7H4F3NO3/c8-3-14-7-2-4(9)6(11(12)13)1-5(7)10/h1-2H,3H2. The highest BCUT2D eigenvalue weighted by atomic mass is 19.1. The molecule has 0 aliphatic rings. The van der Waals surface area contributed by atoms with E-state index in [1.165, 1.54) is 0 Å². The third-order valence-electron chi connectivity index (χ3n) is 1.41. The Morgan fingerprint density at radius 2 is 2.00 bits per heavy atom. The Balaban J connectivity index is 3.17. The Hall–Kier alpha value is -1.79. The summed E-state index contributed by atoms with van der Waals surface area (Å²) in [7, 11) is 0. The molecule has 0 bridgehead atoms. The van der Waals surface area contributed by atoms with Gasteiger partial charge in [0, 0.05) is 6.07 Å². The first kappa shape index (κ1) is 10.3. The van der Waals surface area contributed by atoms with E-state index in [4.69, 9.17) is 0 Å². The molecule has 0 aromatic heterocycles. The van der Waals surface area contributed by atoms with Crippen LogP contribution in [-0.2, 0) is 0 Å². The Morgan fingerprint density at radius 1 is 1.36 bits per heavy atom. The minimum Gasteiger partial charge on any atom is -0.460 e. The largest absolute Gasteiger partial charge is 0.460 e. The average molecular weight is 207 g/mol. The molecule has 0 N–H and O–H groups in total. The van der Waals surface area contributed by atoms with Gasteiger partial charge in [-0.3, -0.25) is 10.1 Å². The van der Waals surface area contributed by atoms with E-state index in [9.17, 15) is 23.3 Å². The van der Waals surface area contributed by atoms with Gasteiger partial charge >= 0.3 is 5.69 Å². The van der Waals surface area contributed by atoms with Crippen LogP contribution in [-0.4, -0.2) is 11.8 Å². The highest BCUT2D eigenvalue weighted by molar-refractivity contribution is 5.39. The van der Waals surface area contributed by atoms with Crippen LogP contribution < -0.4 is 4.74 Å². The number of halogens is 3. The van der Waals surface area contributed by atoms with Gasteiger partial charge in [0.25, 0.3) is 0 Å². The number of rotatable bonds is 3. The quantitative estimate of drug-likeness (QED) is 0.563. The van der Waals surface area contributed by atoms with Gasteiger partial charge in [-0.1, -0.05) is 0 Å². The predicted octanol–water partition coefficient (Wildman–Crippen LogP) is 2.18. The van der Waals surface area contributed by atoms with Gasteiger partial charge in [0.05, 0.1) is 11.0 Å². The molecule has 0 radical (unpaired) electrons. The van der Waals surface area contributed by atoms with Crippen LogP contribution in [0.2, 0.25) is 0 Å². The molecule has 7 heteroatoms. The number of nitro groups is 1. The minimum atomic E-state index is -1.34. The van der Waals surface area contributed by atoms with E-state index in [1.54, 1.807) is 0 Å². The van der Waals surface area contributed by atoms with E-state index >= 15 is 0 Å². The number of nitrogens with zero attached hydrogens (tertiary/aromatic N) is 1. The summed E-state index contributed by atoms with van der Waals surface area (Å²) in [4.78, 5) is 9.04. The van der Waals surface area contributed by atoms with Crippen LogP contribution in [0.4, 0.5) is 18.9 Å². The number of nitro benzene ring substituents is 1. The van der Waals surface area contributed by atoms with E-state index < -0.39 is 34.9 Å². The van der Waals surface area contributed by atoms with Gasteiger partial charge in [0.1, 0.15) is 0 Å². The molecule has 0 saturated heterocycles. The fraction of sp³-hybridized carbons (Fsp3) is 0.143.